The predicted octanol–water partition coefficient (Wildman–Crippen LogP) is 0.112. The van der Waals surface area contributed by atoms with E-state index < -0.39 is 9.84 Å². The van der Waals surface area contributed by atoms with E-state index in [1.165, 1.54) is 6.26 Å². The van der Waals surface area contributed by atoms with Crippen molar-refractivity contribution in [3.8, 4) is 0 Å². The topological polar surface area (TPSA) is 58.5 Å². The molecule has 0 fully saturated rings. The maximum absolute atomic E-state index is 10.8. The zero-order valence-corrected chi connectivity index (χ0v) is 9.41. The molecule has 13 heavy (non-hydrogen) atoms. The number of thioether (sulfide) groups is 1. The Kier molecular flexibility index (Phi) is 3.61. The second-order valence-electron chi connectivity index (χ2n) is 3.13. The van der Waals surface area contributed by atoms with Crippen molar-refractivity contribution < 1.29 is 8.42 Å². The lowest BCUT2D eigenvalue weighted by Gasteiger charge is -2.04. The second kappa shape index (κ2) is 4.32. The highest BCUT2D eigenvalue weighted by Gasteiger charge is 2.14. The minimum Gasteiger partial charge on any atom is -0.364 e. The molecular weight excluding hydrogens is 208 g/mol. The van der Waals surface area contributed by atoms with E-state index in [1.54, 1.807) is 11.8 Å². The van der Waals surface area contributed by atoms with Gasteiger partial charge in [-0.1, -0.05) is 18.7 Å². The summed E-state index contributed by atoms with van der Waals surface area (Å²) in [5, 5.41) is 4.39. The summed E-state index contributed by atoms with van der Waals surface area (Å²) in [6, 6.07) is 0. The van der Waals surface area contributed by atoms with Crippen LogP contribution in [0.25, 0.3) is 0 Å². The van der Waals surface area contributed by atoms with Crippen molar-refractivity contribution in [1.82, 2.24) is 5.32 Å². The molecule has 6 heteroatoms. The van der Waals surface area contributed by atoms with Gasteiger partial charge in [0, 0.05) is 18.1 Å². The van der Waals surface area contributed by atoms with Gasteiger partial charge in [-0.25, -0.2) is 8.42 Å². The number of hydrogen-bond acceptors (Lipinski definition) is 5. The minimum absolute atomic E-state index is 0.168. The van der Waals surface area contributed by atoms with Crippen molar-refractivity contribution >= 4 is 26.8 Å². The molecule has 0 aliphatic carbocycles. The van der Waals surface area contributed by atoms with Gasteiger partial charge < -0.3 is 5.32 Å². The van der Waals surface area contributed by atoms with Crippen LogP contribution in [0.5, 0.6) is 0 Å². The summed E-state index contributed by atoms with van der Waals surface area (Å²) in [4.78, 5) is 4.21. The van der Waals surface area contributed by atoms with Crippen LogP contribution < -0.4 is 5.32 Å². The maximum Gasteiger partial charge on any atom is 0.156 e. The summed E-state index contributed by atoms with van der Waals surface area (Å²) in [7, 11) is -2.86. The summed E-state index contributed by atoms with van der Waals surface area (Å²) in [6.45, 7) is 3.38. The van der Waals surface area contributed by atoms with Crippen molar-refractivity contribution in [3.05, 3.63) is 0 Å². The van der Waals surface area contributed by atoms with Gasteiger partial charge in [0.05, 0.1) is 12.3 Å². The van der Waals surface area contributed by atoms with Crippen LogP contribution in [0.3, 0.4) is 0 Å². The molecule has 1 rings (SSSR count). The van der Waals surface area contributed by atoms with Gasteiger partial charge in [-0.3, -0.25) is 4.99 Å². The Morgan fingerprint density at radius 3 is 2.85 bits per heavy atom. The van der Waals surface area contributed by atoms with Crippen LogP contribution in [0.1, 0.15) is 6.92 Å². The zero-order valence-electron chi connectivity index (χ0n) is 7.78. The normalized spacial score (nSPS) is 22.9. The third-order valence-electron chi connectivity index (χ3n) is 1.55. The van der Waals surface area contributed by atoms with Crippen LogP contribution in [0.15, 0.2) is 4.99 Å². The highest BCUT2D eigenvalue weighted by atomic mass is 32.2. The van der Waals surface area contributed by atoms with E-state index in [-0.39, 0.29) is 5.75 Å². The van der Waals surface area contributed by atoms with Crippen molar-refractivity contribution in [2.75, 3.05) is 25.1 Å². The van der Waals surface area contributed by atoms with Crippen molar-refractivity contribution in [2.45, 2.75) is 12.2 Å². The fraction of sp³-hybridized carbons (Fsp3) is 0.857. The first-order valence-electron chi connectivity index (χ1n) is 4.10. The predicted molar refractivity (Wildman–Crippen MR) is 57.1 cm³/mol. The lowest BCUT2D eigenvalue weighted by molar-refractivity contribution is 0.600. The van der Waals surface area contributed by atoms with E-state index in [9.17, 15) is 8.42 Å². The minimum atomic E-state index is -2.86. The molecule has 0 aromatic heterocycles. The molecule has 1 aliphatic heterocycles. The van der Waals surface area contributed by atoms with Crippen molar-refractivity contribution in [3.63, 3.8) is 0 Å². The first-order chi connectivity index (χ1) is 5.97. The van der Waals surface area contributed by atoms with Gasteiger partial charge in [0.2, 0.25) is 0 Å². The van der Waals surface area contributed by atoms with Gasteiger partial charge in [0.25, 0.3) is 0 Å². The van der Waals surface area contributed by atoms with E-state index in [2.05, 4.69) is 17.2 Å². The molecule has 0 radical (unpaired) electrons. The Hall–Kier alpha value is -0.230. The molecule has 0 amide bonds. The van der Waals surface area contributed by atoms with Crippen LogP contribution in [0, 0.1) is 0 Å². The maximum atomic E-state index is 10.8. The Morgan fingerprint density at radius 1 is 1.69 bits per heavy atom. The van der Waals surface area contributed by atoms with Gasteiger partial charge in [0.15, 0.2) is 5.17 Å². The van der Waals surface area contributed by atoms with Crippen LogP contribution in [-0.4, -0.2) is 43.9 Å². The van der Waals surface area contributed by atoms with Gasteiger partial charge in [-0.05, 0) is 0 Å². The molecule has 76 valence electrons. The SMILES string of the molecule is CC1CN=C(NCCS(C)(=O)=O)S1. The average molecular weight is 222 g/mol. The third kappa shape index (κ3) is 4.52. The van der Waals surface area contributed by atoms with Gasteiger partial charge in [-0.15, -0.1) is 0 Å². The van der Waals surface area contributed by atoms with E-state index >= 15 is 0 Å². The summed E-state index contributed by atoms with van der Waals surface area (Å²) in [6.07, 6.45) is 1.24. The summed E-state index contributed by atoms with van der Waals surface area (Å²) in [5.74, 6) is 0.168. The molecule has 1 unspecified atom stereocenters. The number of nitrogens with zero attached hydrogens (tertiary/aromatic N) is 1. The molecule has 0 aromatic carbocycles. The molecule has 0 aromatic rings. The molecule has 0 spiro atoms. The Morgan fingerprint density at radius 2 is 2.38 bits per heavy atom. The van der Waals surface area contributed by atoms with Crippen LogP contribution in [0.2, 0.25) is 0 Å². The van der Waals surface area contributed by atoms with Crippen LogP contribution in [0.4, 0.5) is 0 Å². The highest BCUT2D eigenvalue weighted by Crippen LogP contribution is 2.17. The van der Waals surface area contributed by atoms with Gasteiger partial charge in [0.1, 0.15) is 9.84 Å². The first-order valence-corrected chi connectivity index (χ1v) is 7.04. The molecule has 1 atom stereocenters. The van der Waals surface area contributed by atoms with E-state index in [4.69, 9.17) is 0 Å². The van der Waals surface area contributed by atoms with E-state index in [0.717, 1.165) is 11.7 Å². The van der Waals surface area contributed by atoms with Gasteiger partial charge in [-0.2, -0.15) is 0 Å². The highest BCUT2D eigenvalue weighted by molar-refractivity contribution is 8.14. The Bertz CT molecular complexity index is 298. The smallest absolute Gasteiger partial charge is 0.156 e. The second-order valence-corrected chi connectivity index (χ2v) is 6.82. The fourth-order valence-corrected chi connectivity index (χ4v) is 2.26. The molecule has 0 bridgehead atoms. The summed E-state index contributed by atoms with van der Waals surface area (Å²) >= 11 is 1.66. The zero-order chi connectivity index (χ0) is 9.90. The number of aliphatic imine (C=N–C) groups is 1. The molecular formula is C7H14N2O2S2. The average Bonchev–Trinajstić information content (AvgIpc) is 2.33. The summed E-state index contributed by atoms with van der Waals surface area (Å²) < 4.78 is 21.6. The number of hydrogen-bond donors (Lipinski definition) is 1. The Balaban J connectivity index is 2.21. The fourth-order valence-electron chi connectivity index (χ4n) is 0.917. The standard InChI is InChI=1S/C7H14N2O2S2/c1-6-5-9-7(12-6)8-3-4-13(2,10)11/h6H,3-5H2,1-2H3,(H,8,9). The molecule has 1 aliphatic rings. The van der Waals surface area contributed by atoms with Crippen LogP contribution in [-0.2, 0) is 9.84 Å². The molecule has 0 saturated heterocycles. The lowest BCUT2D eigenvalue weighted by atomic mass is 10.5. The van der Waals surface area contributed by atoms with E-state index in [0.29, 0.717) is 11.8 Å². The number of nitrogens with one attached hydrogen (secondary N) is 1. The van der Waals surface area contributed by atoms with E-state index in [1.807, 2.05) is 0 Å². The third-order valence-corrected chi connectivity index (χ3v) is 3.55. The summed E-state index contributed by atoms with van der Waals surface area (Å²) in [5.41, 5.74) is 0. The number of amidine groups is 1. The molecule has 4 nitrogen and oxygen atoms in total. The largest absolute Gasteiger partial charge is 0.364 e. The molecule has 0 saturated carbocycles. The first kappa shape index (κ1) is 10.8. The number of sulfone groups is 1. The van der Waals surface area contributed by atoms with Crippen molar-refractivity contribution in [2.24, 2.45) is 4.99 Å². The lowest BCUT2D eigenvalue weighted by Crippen LogP contribution is -2.26. The quantitative estimate of drug-likeness (QED) is 0.736. The van der Waals surface area contributed by atoms with Crippen molar-refractivity contribution in [1.29, 1.82) is 0 Å². The monoisotopic (exact) mass is 222 g/mol. The Labute approximate surface area is 83.1 Å². The van der Waals surface area contributed by atoms with Crippen LogP contribution >= 0.6 is 11.8 Å². The number of rotatable bonds is 3. The molecule has 1 N–H and O–H groups in total. The van der Waals surface area contributed by atoms with Gasteiger partial charge >= 0.3 is 0 Å². The molecule has 1 heterocycles.